The number of halogens is 2. The first-order valence-corrected chi connectivity index (χ1v) is 25.0. The summed E-state index contributed by atoms with van der Waals surface area (Å²) in [6.45, 7) is 15.6. The van der Waals surface area contributed by atoms with E-state index in [1.165, 1.54) is 72.5 Å². The van der Waals surface area contributed by atoms with Crippen LogP contribution in [-0.2, 0) is 0 Å². The van der Waals surface area contributed by atoms with Crippen LogP contribution >= 0.6 is 60.4 Å². The third-order valence-corrected chi connectivity index (χ3v) is 24.7. The van der Waals surface area contributed by atoms with Gasteiger partial charge in [-0.05, 0) is 46.9 Å². The Hall–Kier alpha value is 2.23. The fourth-order valence-corrected chi connectivity index (χ4v) is 27.7. The van der Waals surface area contributed by atoms with Crippen molar-refractivity contribution in [2.45, 2.75) is 90.6 Å². The van der Waals surface area contributed by atoms with E-state index in [1.54, 1.807) is 0 Å². The van der Waals surface area contributed by atoms with Gasteiger partial charge in [-0.25, -0.2) is 0 Å². The molecule has 28 heavy (non-hydrogen) atoms. The molecule has 2 unspecified atom stereocenters. The first-order chi connectivity index (χ1) is 13.1. The topological polar surface area (TPSA) is 0 Å². The minimum absolute atomic E-state index is 0.115. The SMILES string of the molecule is C[Si](C)(C)C1=CC=C([Si](C)(C)C)P(CCCCCCI)P1CCCCCCI. The van der Waals surface area contributed by atoms with Gasteiger partial charge in [-0.2, -0.15) is 0 Å². The Morgan fingerprint density at radius 2 is 0.893 bits per heavy atom. The van der Waals surface area contributed by atoms with Gasteiger partial charge < -0.3 is 0 Å². The first-order valence-electron chi connectivity index (χ1n) is 11.2. The molecule has 0 fully saturated rings. The standard InChI is InChI=1S/C22H44I2P2Si2/c1-27(2,3)21-15-16-22(28(4,5)6)26(20-14-10-8-12-18-24)25(21)19-13-9-7-11-17-23/h15-16H,7-14,17-20H2,1-6H3. The first kappa shape index (κ1) is 28.3. The van der Waals surface area contributed by atoms with E-state index >= 15 is 0 Å². The average molecular weight is 681 g/mol. The maximum absolute atomic E-state index is 2.66. The molecule has 0 amide bonds. The molecule has 0 aromatic rings. The Morgan fingerprint density at radius 1 is 0.571 bits per heavy atom. The van der Waals surface area contributed by atoms with Crippen LogP contribution in [0, 0.1) is 0 Å². The number of allylic oxidation sites excluding steroid dienone is 2. The summed E-state index contributed by atoms with van der Waals surface area (Å²) in [5.74, 6) is 0. The molecular formula is C22H44I2P2Si2. The van der Waals surface area contributed by atoms with Crippen molar-refractivity contribution in [3.63, 3.8) is 0 Å². The molecule has 1 heterocycles. The molecule has 0 radical (unpaired) electrons. The van der Waals surface area contributed by atoms with Gasteiger partial charge in [-0.15, -0.1) is 0 Å². The van der Waals surface area contributed by atoms with Crippen LogP contribution in [0.25, 0.3) is 0 Å². The zero-order valence-corrected chi connectivity index (χ0v) is 27.4. The van der Waals surface area contributed by atoms with Gasteiger partial charge in [0.25, 0.3) is 0 Å². The Balaban J connectivity index is 2.97. The summed E-state index contributed by atoms with van der Waals surface area (Å²) >= 11 is 5.07. The fourth-order valence-electron chi connectivity index (χ4n) is 3.77. The predicted octanol–water partition coefficient (Wildman–Crippen LogP) is 10.4. The van der Waals surface area contributed by atoms with Crippen LogP contribution in [0.5, 0.6) is 0 Å². The van der Waals surface area contributed by atoms with Gasteiger partial charge >= 0.3 is 0 Å². The zero-order valence-electron chi connectivity index (χ0n) is 19.3. The minimum atomic E-state index is -1.21. The highest BCUT2D eigenvalue weighted by atomic mass is 127. The average Bonchev–Trinajstić information content (AvgIpc) is 2.59. The number of unbranched alkanes of at least 4 members (excludes halogenated alkanes) is 6. The van der Waals surface area contributed by atoms with Gasteiger partial charge in [-0.3, -0.25) is 0 Å². The summed E-state index contributed by atoms with van der Waals surface area (Å²) in [6.07, 6.45) is 20.0. The highest BCUT2D eigenvalue weighted by molar-refractivity contribution is 14.1. The lowest BCUT2D eigenvalue weighted by Crippen LogP contribution is -2.28. The highest BCUT2D eigenvalue weighted by Gasteiger charge is 2.38. The van der Waals surface area contributed by atoms with E-state index in [-0.39, 0.29) is 15.2 Å². The molecule has 2 atom stereocenters. The lowest BCUT2D eigenvalue weighted by atomic mass is 10.2. The molecule has 164 valence electrons. The van der Waals surface area contributed by atoms with Crippen molar-refractivity contribution in [3.05, 3.63) is 22.0 Å². The maximum Gasteiger partial charge on any atom is 0.0786 e. The Kier molecular flexibility index (Phi) is 14.5. The molecule has 0 nitrogen and oxygen atoms in total. The molecule has 1 aliphatic rings. The summed E-state index contributed by atoms with van der Waals surface area (Å²) in [7, 11) is -2.19. The summed E-state index contributed by atoms with van der Waals surface area (Å²) < 4.78 is 2.66. The van der Waals surface area contributed by atoms with Crippen LogP contribution < -0.4 is 0 Å². The Bertz CT molecular complexity index is 462. The second-order valence-corrected chi connectivity index (χ2v) is 29.5. The van der Waals surface area contributed by atoms with Crippen molar-refractivity contribution in [2.24, 2.45) is 0 Å². The molecule has 0 bridgehead atoms. The predicted molar refractivity (Wildman–Crippen MR) is 161 cm³/mol. The van der Waals surface area contributed by atoms with Gasteiger partial charge in [0.05, 0.1) is 16.1 Å². The van der Waals surface area contributed by atoms with Crippen LogP contribution in [0.3, 0.4) is 0 Å². The largest absolute Gasteiger partial charge is 0.0864 e. The second kappa shape index (κ2) is 14.4. The Morgan fingerprint density at radius 3 is 1.18 bits per heavy atom. The van der Waals surface area contributed by atoms with Gasteiger partial charge in [-0.1, -0.05) is 147 Å². The summed E-state index contributed by atoms with van der Waals surface area (Å²) in [4.78, 5) is 3.94. The van der Waals surface area contributed by atoms with Gasteiger partial charge in [0.1, 0.15) is 0 Å². The monoisotopic (exact) mass is 680 g/mol. The van der Waals surface area contributed by atoms with E-state index in [0.717, 1.165) is 0 Å². The lowest BCUT2D eigenvalue weighted by molar-refractivity contribution is 0.712. The van der Waals surface area contributed by atoms with E-state index in [0.29, 0.717) is 0 Å². The molecule has 0 aromatic carbocycles. The number of hydrogen-bond acceptors (Lipinski definition) is 0. The van der Waals surface area contributed by atoms with Gasteiger partial charge in [0.15, 0.2) is 0 Å². The molecule has 6 heteroatoms. The molecule has 0 saturated heterocycles. The quantitative estimate of drug-likeness (QED) is 0.0563. The molecule has 0 aliphatic carbocycles. The fraction of sp³-hybridized carbons (Fsp3) is 0.818. The summed E-state index contributed by atoms with van der Waals surface area (Å²) in [5.41, 5.74) is 0. The Labute approximate surface area is 208 Å². The third kappa shape index (κ3) is 10.2. The lowest BCUT2D eigenvalue weighted by Gasteiger charge is -2.43. The van der Waals surface area contributed by atoms with Crippen LogP contribution in [-0.4, -0.2) is 37.3 Å². The van der Waals surface area contributed by atoms with Crippen molar-refractivity contribution >= 4 is 76.5 Å². The molecule has 1 aliphatic heterocycles. The van der Waals surface area contributed by atoms with E-state index in [1.807, 2.05) is 9.87 Å². The van der Waals surface area contributed by atoms with Crippen molar-refractivity contribution in [3.8, 4) is 0 Å². The molecule has 0 aromatic heterocycles. The normalized spacial score (nSPS) is 20.9. The minimum Gasteiger partial charge on any atom is -0.0864 e. The van der Waals surface area contributed by atoms with Crippen LogP contribution in [0.4, 0.5) is 0 Å². The van der Waals surface area contributed by atoms with Crippen LogP contribution in [0.1, 0.15) is 51.4 Å². The van der Waals surface area contributed by atoms with Crippen molar-refractivity contribution in [1.29, 1.82) is 0 Å². The molecular weight excluding hydrogens is 636 g/mol. The summed E-state index contributed by atoms with van der Waals surface area (Å²) in [5, 5.41) is 0. The summed E-state index contributed by atoms with van der Waals surface area (Å²) in [6, 6.07) is 0. The van der Waals surface area contributed by atoms with Crippen molar-refractivity contribution in [2.75, 3.05) is 21.2 Å². The van der Waals surface area contributed by atoms with Crippen LogP contribution in [0.2, 0.25) is 39.3 Å². The zero-order chi connectivity index (χ0) is 21.2. The molecule has 0 N–H and O–H groups in total. The number of alkyl halides is 2. The number of rotatable bonds is 14. The second-order valence-electron chi connectivity index (χ2n) is 10.1. The van der Waals surface area contributed by atoms with Crippen LogP contribution in [0.15, 0.2) is 22.0 Å². The molecule has 0 spiro atoms. The van der Waals surface area contributed by atoms with E-state index in [2.05, 4.69) is 96.6 Å². The third-order valence-electron chi connectivity index (χ3n) is 5.29. The van der Waals surface area contributed by atoms with Crippen molar-refractivity contribution < 1.29 is 0 Å². The number of hydrogen-bond donors (Lipinski definition) is 0. The highest BCUT2D eigenvalue weighted by Crippen LogP contribution is 2.81. The maximum atomic E-state index is 2.66. The van der Waals surface area contributed by atoms with E-state index in [9.17, 15) is 0 Å². The van der Waals surface area contributed by atoms with E-state index < -0.39 is 16.1 Å². The smallest absolute Gasteiger partial charge is 0.0786 e. The molecule has 0 saturated carbocycles. The van der Waals surface area contributed by atoms with E-state index in [4.69, 9.17) is 0 Å². The van der Waals surface area contributed by atoms with Gasteiger partial charge in [0, 0.05) is 0 Å². The van der Waals surface area contributed by atoms with Gasteiger partial charge in [0.2, 0.25) is 0 Å². The molecule has 1 rings (SSSR count). The van der Waals surface area contributed by atoms with Crippen molar-refractivity contribution in [1.82, 2.24) is 0 Å².